The van der Waals surface area contributed by atoms with Gasteiger partial charge in [0.1, 0.15) is 6.10 Å². The fourth-order valence-electron chi connectivity index (χ4n) is 5.15. The Morgan fingerprint density at radius 1 is 1.30 bits per heavy atom. The first-order valence-electron chi connectivity index (χ1n) is 10.6. The first-order valence-corrected chi connectivity index (χ1v) is 11.5. The van der Waals surface area contributed by atoms with E-state index in [1.165, 1.54) is 6.42 Å². The van der Waals surface area contributed by atoms with Gasteiger partial charge in [-0.3, -0.25) is 14.7 Å². The topological polar surface area (TPSA) is 42.4 Å². The molecule has 3 aliphatic heterocycles. The van der Waals surface area contributed by atoms with Crippen LogP contribution in [0.2, 0.25) is 0 Å². The molecule has 30 heavy (non-hydrogen) atoms. The highest BCUT2D eigenvalue weighted by molar-refractivity contribution is 7.10. The second-order valence-corrected chi connectivity index (χ2v) is 9.36. The Balaban J connectivity index is 1.49. The van der Waals surface area contributed by atoms with Gasteiger partial charge in [0, 0.05) is 28.6 Å². The van der Waals surface area contributed by atoms with E-state index in [1.807, 2.05) is 48.0 Å². The minimum atomic E-state index is -0.293. The molecule has 4 nitrogen and oxygen atoms in total. The molecule has 3 aromatic rings. The van der Waals surface area contributed by atoms with E-state index in [9.17, 15) is 4.79 Å². The number of esters is 1. The Bertz CT molecular complexity index is 1040. The fraction of sp³-hybridized carbons (Fsp3) is 0.360. The van der Waals surface area contributed by atoms with Gasteiger partial charge >= 0.3 is 5.97 Å². The molecule has 3 fully saturated rings. The van der Waals surface area contributed by atoms with Crippen molar-refractivity contribution in [3.8, 4) is 0 Å². The maximum absolute atomic E-state index is 12.9. The van der Waals surface area contributed by atoms with Crippen molar-refractivity contribution in [3.63, 3.8) is 0 Å². The molecule has 0 N–H and O–H groups in total. The smallest absolute Gasteiger partial charge is 0.311 e. The monoisotopic (exact) mass is 418 g/mol. The summed E-state index contributed by atoms with van der Waals surface area (Å²) in [5.74, 6) is 0.988. The van der Waals surface area contributed by atoms with Crippen molar-refractivity contribution in [2.45, 2.75) is 31.4 Å². The summed E-state index contributed by atoms with van der Waals surface area (Å²) in [5.41, 5.74) is 2.00. The molecule has 2 bridgehead atoms. The summed E-state index contributed by atoms with van der Waals surface area (Å²) in [6.45, 7) is 6.10. The minimum absolute atomic E-state index is 0.161. The largest absolute Gasteiger partial charge is 0.455 e. The Labute approximate surface area is 181 Å². The fourth-order valence-corrected chi connectivity index (χ4v) is 5.84. The normalized spacial score (nSPS) is 26.4. The number of carbonyl (C=O) groups excluding carboxylic acids is 1. The summed E-state index contributed by atoms with van der Waals surface area (Å²) in [4.78, 5) is 21.0. The molecule has 5 heteroatoms. The van der Waals surface area contributed by atoms with Crippen LogP contribution in [-0.4, -0.2) is 35.0 Å². The van der Waals surface area contributed by atoms with E-state index >= 15 is 0 Å². The van der Waals surface area contributed by atoms with Crippen LogP contribution in [0, 0.1) is 11.8 Å². The van der Waals surface area contributed by atoms with Crippen LogP contribution in [0.1, 0.15) is 29.4 Å². The van der Waals surface area contributed by atoms with Gasteiger partial charge in [0.15, 0.2) is 0 Å². The van der Waals surface area contributed by atoms with Crippen molar-refractivity contribution in [2.24, 2.45) is 11.8 Å². The van der Waals surface area contributed by atoms with Gasteiger partial charge in [-0.2, -0.15) is 0 Å². The standard InChI is InChI=1S/C25H26N2O2S/c1-2-17-16-27-12-10-18(17)14-23(27)25(29-24(28)15-19-6-5-13-30-19)21-9-11-26-22-8-4-3-7-20(21)22/h2-9,11,13,17-18,23,25H,1,10,12,14-16H2/t17-,18+,23-,25+/m0/s1. The van der Waals surface area contributed by atoms with E-state index in [0.29, 0.717) is 18.3 Å². The minimum Gasteiger partial charge on any atom is -0.455 e. The summed E-state index contributed by atoms with van der Waals surface area (Å²) in [6.07, 6.45) is 6.19. The second-order valence-electron chi connectivity index (χ2n) is 8.33. The predicted molar refractivity (Wildman–Crippen MR) is 120 cm³/mol. The quantitative estimate of drug-likeness (QED) is 0.416. The maximum atomic E-state index is 12.9. The molecule has 1 unspecified atom stereocenters. The summed E-state index contributed by atoms with van der Waals surface area (Å²) >= 11 is 1.60. The van der Waals surface area contributed by atoms with Gasteiger partial charge < -0.3 is 4.74 Å². The van der Waals surface area contributed by atoms with Crippen LogP contribution < -0.4 is 0 Å². The van der Waals surface area contributed by atoms with Crippen LogP contribution in [0.5, 0.6) is 0 Å². The molecule has 0 saturated carbocycles. The number of benzene rings is 1. The molecule has 0 aliphatic carbocycles. The third-order valence-electron chi connectivity index (χ3n) is 6.65. The number of carbonyl (C=O) groups is 1. The molecule has 1 aromatic carbocycles. The van der Waals surface area contributed by atoms with E-state index in [2.05, 4.69) is 28.6 Å². The van der Waals surface area contributed by atoms with Crippen LogP contribution in [0.15, 0.2) is 66.7 Å². The lowest BCUT2D eigenvalue weighted by molar-refractivity contribution is -0.156. The van der Waals surface area contributed by atoms with Gasteiger partial charge in [0.25, 0.3) is 0 Å². The number of hydrogen-bond acceptors (Lipinski definition) is 5. The molecule has 2 aromatic heterocycles. The maximum Gasteiger partial charge on any atom is 0.311 e. The molecule has 5 atom stereocenters. The van der Waals surface area contributed by atoms with Crippen molar-refractivity contribution >= 4 is 28.2 Å². The van der Waals surface area contributed by atoms with Crippen LogP contribution in [0.25, 0.3) is 10.9 Å². The van der Waals surface area contributed by atoms with Crippen molar-refractivity contribution in [2.75, 3.05) is 13.1 Å². The molecule has 5 heterocycles. The Hall–Kier alpha value is -2.50. The number of nitrogens with zero attached hydrogens (tertiary/aromatic N) is 2. The average Bonchev–Trinajstić information content (AvgIpc) is 3.30. The zero-order valence-electron chi connectivity index (χ0n) is 16.9. The number of hydrogen-bond donors (Lipinski definition) is 0. The van der Waals surface area contributed by atoms with Gasteiger partial charge in [-0.25, -0.2) is 0 Å². The number of fused-ring (bicyclic) bond motifs is 4. The summed E-state index contributed by atoms with van der Waals surface area (Å²) in [6, 6.07) is 14.3. The highest BCUT2D eigenvalue weighted by Crippen LogP contribution is 2.43. The highest BCUT2D eigenvalue weighted by atomic mass is 32.1. The van der Waals surface area contributed by atoms with Gasteiger partial charge in [-0.1, -0.05) is 30.3 Å². The van der Waals surface area contributed by atoms with Gasteiger partial charge in [-0.15, -0.1) is 17.9 Å². The molecule has 3 saturated heterocycles. The number of pyridine rings is 1. The van der Waals surface area contributed by atoms with Gasteiger partial charge in [-0.05, 0) is 54.8 Å². The SMILES string of the molecule is C=C[C@H]1CN2CC[C@@H]1C[C@H]2[C@H](OC(=O)Cc1cccs1)c1ccnc2ccccc12. The zero-order chi connectivity index (χ0) is 20.5. The van der Waals surface area contributed by atoms with Gasteiger partial charge in [0.2, 0.25) is 0 Å². The first-order chi connectivity index (χ1) is 14.7. The summed E-state index contributed by atoms with van der Waals surface area (Å²) in [5, 5.41) is 3.06. The molecule has 0 spiro atoms. The number of aromatic nitrogens is 1. The molecule has 0 amide bonds. The Kier molecular flexibility index (Phi) is 5.40. The second kappa shape index (κ2) is 8.32. The van der Waals surface area contributed by atoms with Gasteiger partial charge in [0.05, 0.1) is 18.0 Å². The Morgan fingerprint density at radius 3 is 2.97 bits per heavy atom. The van der Waals surface area contributed by atoms with Crippen LogP contribution >= 0.6 is 11.3 Å². The molecule has 0 radical (unpaired) electrons. The Morgan fingerprint density at radius 2 is 2.20 bits per heavy atom. The van der Waals surface area contributed by atoms with Crippen molar-refractivity contribution < 1.29 is 9.53 Å². The van der Waals surface area contributed by atoms with Crippen LogP contribution in [0.4, 0.5) is 0 Å². The van der Waals surface area contributed by atoms with Crippen molar-refractivity contribution in [1.82, 2.24) is 9.88 Å². The van der Waals surface area contributed by atoms with Crippen molar-refractivity contribution in [3.05, 3.63) is 77.1 Å². The molecular formula is C25H26N2O2S. The van der Waals surface area contributed by atoms with Crippen LogP contribution in [0.3, 0.4) is 0 Å². The lowest BCUT2D eigenvalue weighted by Gasteiger charge is -2.51. The average molecular weight is 419 g/mol. The molecule has 154 valence electrons. The number of para-hydroxylation sites is 1. The predicted octanol–water partition coefficient (Wildman–Crippen LogP) is 5.02. The van der Waals surface area contributed by atoms with E-state index in [-0.39, 0.29) is 18.1 Å². The van der Waals surface area contributed by atoms with E-state index in [0.717, 1.165) is 40.9 Å². The number of ether oxygens (including phenoxy) is 1. The number of rotatable bonds is 6. The lowest BCUT2D eigenvalue weighted by atomic mass is 9.73. The lowest BCUT2D eigenvalue weighted by Crippen LogP contribution is -2.55. The van der Waals surface area contributed by atoms with Crippen LogP contribution in [-0.2, 0) is 16.0 Å². The van der Waals surface area contributed by atoms with E-state index in [4.69, 9.17) is 4.74 Å². The van der Waals surface area contributed by atoms with E-state index < -0.39 is 0 Å². The van der Waals surface area contributed by atoms with E-state index in [1.54, 1.807) is 11.3 Å². The first kappa shape index (κ1) is 19.5. The van der Waals surface area contributed by atoms with Crippen molar-refractivity contribution in [1.29, 1.82) is 0 Å². The zero-order valence-corrected chi connectivity index (χ0v) is 17.8. The third-order valence-corrected chi connectivity index (χ3v) is 7.53. The number of piperidine rings is 3. The molecule has 3 aliphatic rings. The summed E-state index contributed by atoms with van der Waals surface area (Å²) in [7, 11) is 0. The third kappa shape index (κ3) is 3.68. The number of thiophene rings is 1. The highest BCUT2D eigenvalue weighted by Gasteiger charge is 2.44. The molecular weight excluding hydrogens is 392 g/mol. The molecule has 6 rings (SSSR count). The summed E-state index contributed by atoms with van der Waals surface area (Å²) < 4.78 is 6.25.